The van der Waals surface area contributed by atoms with Gasteiger partial charge >= 0.3 is 11.9 Å². The van der Waals surface area contributed by atoms with Gasteiger partial charge in [-0.05, 0) is 48.8 Å². The van der Waals surface area contributed by atoms with Crippen LogP contribution in [0.1, 0.15) is 27.2 Å². The fraction of sp³-hybridized carbons (Fsp3) is 0.268. The van der Waals surface area contributed by atoms with Gasteiger partial charge in [-0.2, -0.15) is 0 Å². The molecule has 4 aromatic rings. The molecule has 0 bridgehead atoms. The fourth-order valence-electron chi connectivity index (χ4n) is 6.37. The minimum Gasteiger partial charge on any atom is -0.484 e. The summed E-state index contributed by atoms with van der Waals surface area (Å²) in [7, 11) is 0. The molecule has 0 saturated carbocycles. The highest BCUT2D eigenvalue weighted by atomic mass is 32.2. The zero-order chi connectivity index (χ0) is 37.6. The number of nitrogens with one attached hydrogen (secondary N) is 1. The van der Waals surface area contributed by atoms with Crippen LogP contribution < -0.4 is 26.0 Å². The van der Waals surface area contributed by atoms with Crippen LogP contribution in [0.5, 0.6) is 5.75 Å². The Bertz CT molecular complexity index is 1920. The van der Waals surface area contributed by atoms with Gasteiger partial charge in [0.2, 0.25) is 0 Å². The first-order valence-corrected chi connectivity index (χ1v) is 20.1. The number of Topliss-reactive ketones (excluding diaryl/α,β-unsaturated/α-hetero) is 1. The molecule has 2 aliphatic heterocycles. The normalized spacial score (nSPS) is 18.4. The van der Waals surface area contributed by atoms with Crippen molar-refractivity contribution in [2.75, 3.05) is 19.0 Å². The number of carbonyl (C=O) groups is 5. The summed E-state index contributed by atoms with van der Waals surface area (Å²) in [6.07, 6.45) is -0.0242. The lowest BCUT2D eigenvalue weighted by Crippen LogP contribution is -2.73. The van der Waals surface area contributed by atoms with Gasteiger partial charge in [0.1, 0.15) is 40.6 Å². The maximum atomic E-state index is 15.0. The second-order valence-corrected chi connectivity index (χ2v) is 18.0. The summed E-state index contributed by atoms with van der Waals surface area (Å²) >= 11 is 1.12. The number of thioether (sulfide) groups is 1. The summed E-state index contributed by atoms with van der Waals surface area (Å²) < 4.78 is 16.9. The van der Waals surface area contributed by atoms with Crippen LogP contribution in [-0.2, 0) is 33.4 Å². The van der Waals surface area contributed by atoms with E-state index in [1.165, 1.54) is 4.90 Å². The number of cyclic esters (lactones) is 1. The van der Waals surface area contributed by atoms with Gasteiger partial charge in [-0.3, -0.25) is 24.1 Å². The smallest absolute Gasteiger partial charge is 0.356 e. The van der Waals surface area contributed by atoms with Crippen molar-refractivity contribution in [1.29, 1.82) is 0 Å². The first kappa shape index (κ1) is 37.6. The SMILES string of the molecule is CC(C)(C)OC(=O)C(N1C(=O)[C@@H](NC(=O)COc2ccccc2)[C@H]1SCC(=O)C1COC(=O)C1)=P(c1ccccc1)(c1ccccc1)c1ccccc1. The highest BCUT2D eigenvalue weighted by Gasteiger charge is 2.55. The summed E-state index contributed by atoms with van der Waals surface area (Å²) in [4.78, 5) is 69.6. The lowest BCUT2D eigenvalue weighted by molar-refractivity contribution is -0.151. The number of nitrogens with zero attached hydrogens (tertiary/aromatic N) is 1. The number of para-hydroxylation sites is 1. The molecule has 1 unspecified atom stereocenters. The second-order valence-electron chi connectivity index (χ2n) is 13.6. The van der Waals surface area contributed by atoms with E-state index in [-0.39, 0.29) is 36.6 Å². The van der Waals surface area contributed by atoms with Crippen molar-refractivity contribution >= 4 is 69.5 Å². The first-order valence-electron chi connectivity index (χ1n) is 17.3. The topological polar surface area (TPSA) is 128 Å². The number of rotatable bonds is 13. The fourth-order valence-corrected chi connectivity index (χ4v) is 12.1. The minimum absolute atomic E-state index is 0.0114. The van der Waals surface area contributed by atoms with Gasteiger partial charge in [-0.1, -0.05) is 109 Å². The van der Waals surface area contributed by atoms with Gasteiger partial charge in [0, 0.05) is 6.89 Å². The summed E-state index contributed by atoms with van der Waals surface area (Å²) in [5, 5.41) is 4.32. The Morgan fingerprint density at radius 1 is 0.811 bits per heavy atom. The number of ether oxygens (including phenoxy) is 3. The molecule has 2 heterocycles. The Morgan fingerprint density at radius 2 is 1.32 bits per heavy atom. The Labute approximate surface area is 313 Å². The molecule has 0 aromatic heterocycles. The summed E-state index contributed by atoms with van der Waals surface area (Å²) in [6, 6.07) is 36.4. The minimum atomic E-state index is -3.24. The monoisotopic (exact) mass is 752 g/mol. The van der Waals surface area contributed by atoms with E-state index in [1.54, 1.807) is 45.0 Å². The van der Waals surface area contributed by atoms with Crippen LogP contribution in [0.25, 0.3) is 0 Å². The summed E-state index contributed by atoms with van der Waals surface area (Å²) in [6.45, 7) is 1.68. The standard InChI is InChI=1S/C41H41N2O8PS/c1-41(2,3)51-40(48)38(52(30-18-10-5-11-19-30,31-20-12-6-13-21-31)32-22-14-7-15-23-32)43-37(47)36(42-34(45)26-49-29-16-8-4-9-17-29)39(43)53-27-33(44)28-24-35(46)50-25-28/h4-23,28,36,39H,24-27H2,1-3H3,(H,42,45)/t28?,36-,39-/m1/s1. The number of β-lactam (4-membered cyclic amide) rings is 1. The first-order chi connectivity index (χ1) is 25.5. The van der Waals surface area contributed by atoms with Crippen LogP contribution >= 0.6 is 18.6 Å². The maximum Gasteiger partial charge on any atom is 0.356 e. The van der Waals surface area contributed by atoms with Crippen LogP contribution in [-0.4, -0.2) is 75.8 Å². The van der Waals surface area contributed by atoms with Gasteiger partial charge in [0.25, 0.3) is 11.8 Å². The summed E-state index contributed by atoms with van der Waals surface area (Å²) in [5.74, 6) is -2.68. The number of ketones is 1. The Morgan fingerprint density at radius 3 is 1.79 bits per heavy atom. The lowest BCUT2D eigenvalue weighted by atomic mass is 10.1. The molecule has 4 aromatic carbocycles. The zero-order valence-electron chi connectivity index (χ0n) is 29.7. The van der Waals surface area contributed by atoms with Crippen molar-refractivity contribution in [2.45, 2.75) is 44.2 Å². The number of carbonyl (C=O) groups excluding carboxylic acids is 5. The van der Waals surface area contributed by atoms with Crippen molar-refractivity contribution in [3.63, 3.8) is 0 Å². The second kappa shape index (κ2) is 16.3. The molecular formula is C41H41N2O8PS. The van der Waals surface area contributed by atoms with E-state index in [1.807, 2.05) is 97.1 Å². The molecule has 6 rings (SSSR count). The average Bonchev–Trinajstić information content (AvgIpc) is 3.61. The van der Waals surface area contributed by atoms with E-state index in [9.17, 15) is 24.0 Å². The molecular weight excluding hydrogens is 711 g/mol. The third-order valence-electron chi connectivity index (χ3n) is 8.74. The third kappa shape index (κ3) is 8.27. The molecule has 1 N–H and O–H groups in total. The molecule has 2 saturated heterocycles. The van der Waals surface area contributed by atoms with Crippen LogP contribution in [0.2, 0.25) is 0 Å². The predicted octanol–water partition coefficient (Wildman–Crippen LogP) is 4.05. The van der Waals surface area contributed by atoms with Crippen LogP contribution in [0.4, 0.5) is 0 Å². The molecule has 274 valence electrons. The highest BCUT2D eigenvalue weighted by molar-refractivity contribution is 8.01. The molecule has 0 aliphatic carbocycles. The molecule has 2 aliphatic rings. The van der Waals surface area contributed by atoms with Gasteiger partial charge < -0.3 is 19.5 Å². The Hall–Kier alpha value is -5.12. The number of esters is 2. The van der Waals surface area contributed by atoms with E-state index >= 15 is 0 Å². The lowest BCUT2D eigenvalue weighted by Gasteiger charge is -2.49. The molecule has 10 nitrogen and oxygen atoms in total. The van der Waals surface area contributed by atoms with Crippen molar-refractivity contribution in [3.8, 4) is 5.75 Å². The Balaban J connectivity index is 1.52. The number of likely N-dealkylation sites (tertiary alicyclic amines) is 1. The predicted molar refractivity (Wildman–Crippen MR) is 207 cm³/mol. The number of hydrogen-bond donors (Lipinski definition) is 1. The van der Waals surface area contributed by atoms with Gasteiger partial charge in [0.15, 0.2) is 6.61 Å². The molecule has 2 fully saturated rings. The molecule has 12 heteroatoms. The largest absolute Gasteiger partial charge is 0.484 e. The molecule has 3 atom stereocenters. The van der Waals surface area contributed by atoms with E-state index < -0.39 is 53.6 Å². The van der Waals surface area contributed by atoms with Crippen LogP contribution in [0, 0.1) is 5.92 Å². The van der Waals surface area contributed by atoms with Gasteiger partial charge in [-0.25, -0.2) is 4.79 Å². The van der Waals surface area contributed by atoms with Gasteiger partial charge in [0.05, 0.1) is 18.1 Å². The van der Waals surface area contributed by atoms with E-state index in [4.69, 9.17) is 14.2 Å². The average molecular weight is 753 g/mol. The Kier molecular flexibility index (Phi) is 11.6. The van der Waals surface area contributed by atoms with Crippen molar-refractivity contribution < 1.29 is 38.2 Å². The zero-order valence-corrected chi connectivity index (χ0v) is 31.4. The number of benzene rings is 4. The third-order valence-corrected chi connectivity index (χ3v) is 14.3. The molecule has 0 radical (unpaired) electrons. The molecule has 2 amide bonds. The maximum absolute atomic E-state index is 15.0. The van der Waals surface area contributed by atoms with Crippen molar-refractivity contribution in [2.24, 2.45) is 5.92 Å². The van der Waals surface area contributed by atoms with E-state index in [0.29, 0.717) is 5.75 Å². The van der Waals surface area contributed by atoms with Crippen LogP contribution in [0.3, 0.4) is 0 Å². The quantitative estimate of drug-likeness (QED) is 0.122. The highest BCUT2D eigenvalue weighted by Crippen LogP contribution is 2.50. The van der Waals surface area contributed by atoms with E-state index in [2.05, 4.69) is 5.32 Å². The molecule has 0 spiro atoms. The summed E-state index contributed by atoms with van der Waals surface area (Å²) in [5.41, 5.74) is -0.817. The molecule has 53 heavy (non-hydrogen) atoms. The number of amides is 2. The van der Waals surface area contributed by atoms with E-state index in [0.717, 1.165) is 27.7 Å². The van der Waals surface area contributed by atoms with Crippen molar-refractivity contribution in [3.05, 3.63) is 121 Å². The van der Waals surface area contributed by atoms with Crippen molar-refractivity contribution in [1.82, 2.24) is 10.2 Å². The van der Waals surface area contributed by atoms with Crippen LogP contribution in [0.15, 0.2) is 121 Å². The van der Waals surface area contributed by atoms with Gasteiger partial charge in [-0.15, -0.1) is 11.8 Å². The number of hydrogen-bond acceptors (Lipinski definition) is 9.